The predicted octanol–water partition coefficient (Wildman–Crippen LogP) is 3.05. The Morgan fingerprint density at radius 2 is 1.65 bits per heavy atom. The van der Waals surface area contributed by atoms with Gasteiger partial charge < -0.3 is 14.8 Å². The molecule has 0 bridgehead atoms. The molecular weight excluding hydrogens is 416 g/mol. The molecule has 7 nitrogen and oxygen atoms in total. The lowest BCUT2D eigenvalue weighted by Gasteiger charge is -2.32. The standard InChI is InChI=1S/C23H30N2O5S/c1-4-29-20-6-8-21(9-7-20)30-16-23(26)24-19-11-13-25(14-12-19)31(27,28)22-10-5-17(2)15-18(22)3/h5-10,15,19H,4,11-14,16H2,1-3H3,(H,24,26). The molecule has 1 saturated heterocycles. The number of nitrogens with one attached hydrogen (secondary N) is 1. The molecule has 2 aromatic carbocycles. The van der Waals surface area contributed by atoms with Crippen molar-refractivity contribution >= 4 is 15.9 Å². The largest absolute Gasteiger partial charge is 0.494 e. The molecule has 1 fully saturated rings. The summed E-state index contributed by atoms with van der Waals surface area (Å²) in [7, 11) is -3.53. The molecule has 0 aromatic heterocycles. The predicted molar refractivity (Wildman–Crippen MR) is 119 cm³/mol. The zero-order valence-corrected chi connectivity index (χ0v) is 19.1. The Hall–Kier alpha value is -2.58. The Morgan fingerprint density at radius 3 is 2.23 bits per heavy atom. The van der Waals surface area contributed by atoms with Crippen molar-refractivity contribution in [2.75, 3.05) is 26.3 Å². The Morgan fingerprint density at radius 1 is 1.03 bits per heavy atom. The summed E-state index contributed by atoms with van der Waals surface area (Å²) in [5, 5.41) is 2.94. The van der Waals surface area contributed by atoms with Gasteiger partial charge in [-0.1, -0.05) is 17.7 Å². The van der Waals surface area contributed by atoms with E-state index in [0.717, 1.165) is 16.9 Å². The number of amides is 1. The summed E-state index contributed by atoms with van der Waals surface area (Å²) in [6.07, 6.45) is 1.14. The van der Waals surface area contributed by atoms with Gasteiger partial charge in [-0.3, -0.25) is 4.79 Å². The van der Waals surface area contributed by atoms with Crippen molar-refractivity contribution in [3.05, 3.63) is 53.6 Å². The van der Waals surface area contributed by atoms with E-state index in [1.165, 1.54) is 4.31 Å². The van der Waals surface area contributed by atoms with Crippen molar-refractivity contribution in [1.29, 1.82) is 0 Å². The molecule has 1 N–H and O–H groups in total. The summed E-state index contributed by atoms with van der Waals surface area (Å²) in [6.45, 7) is 6.93. The van der Waals surface area contributed by atoms with Gasteiger partial charge in [-0.25, -0.2) is 8.42 Å². The maximum atomic E-state index is 13.0. The summed E-state index contributed by atoms with van der Waals surface area (Å²) in [4.78, 5) is 12.6. The van der Waals surface area contributed by atoms with Gasteiger partial charge in [0.05, 0.1) is 11.5 Å². The molecule has 1 heterocycles. The van der Waals surface area contributed by atoms with Gasteiger partial charge in [-0.15, -0.1) is 0 Å². The molecule has 3 rings (SSSR count). The van der Waals surface area contributed by atoms with Crippen LogP contribution < -0.4 is 14.8 Å². The quantitative estimate of drug-likeness (QED) is 0.674. The highest BCUT2D eigenvalue weighted by atomic mass is 32.2. The van der Waals surface area contributed by atoms with Crippen LogP contribution in [0.15, 0.2) is 47.4 Å². The Kier molecular flexibility index (Phi) is 7.56. The SMILES string of the molecule is CCOc1ccc(OCC(=O)NC2CCN(S(=O)(=O)c3ccc(C)cc3C)CC2)cc1. The van der Waals surface area contributed by atoms with E-state index in [0.29, 0.717) is 43.2 Å². The maximum Gasteiger partial charge on any atom is 0.258 e. The van der Waals surface area contributed by atoms with Gasteiger partial charge in [0, 0.05) is 19.1 Å². The second-order valence-electron chi connectivity index (χ2n) is 7.71. The van der Waals surface area contributed by atoms with Crippen molar-refractivity contribution < 1.29 is 22.7 Å². The normalized spacial score (nSPS) is 15.5. The molecule has 0 atom stereocenters. The second kappa shape index (κ2) is 10.2. The van der Waals surface area contributed by atoms with Crippen molar-refractivity contribution in [2.24, 2.45) is 0 Å². The lowest BCUT2D eigenvalue weighted by Crippen LogP contribution is -2.47. The molecule has 31 heavy (non-hydrogen) atoms. The van der Waals surface area contributed by atoms with E-state index in [2.05, 4.69) is 5.32 Å². The molecule has 0 radical (unpaired) electrons. The average molecular weight is 447 g/mol. The van der Waals surface area contributed by atoms with E-state index < -0.39 is 10.0 Å². The fourth-order valence-corrected chi connectivity index (χ4v) is 5.36. The first-order chi connectivity index (χ1) is 14.8. The summed E-state index contributed by atoms with van der Waals surface area (Å²) in [5.41, 5.74) is 1.78. The minimum absolute atomic E-state index is 0.0676. The number of ether oxygens (including phenoxy) is 2. The number of carbonyl (C=O) groups is 1. The number of sulfonamides is 1. The number of piperidine rings is 1. The van der Waals surface area contributed by atoms with Gasteiger partial charge in [-0.2, -0.15) is 4.31 Å². The van der Waals surface area contributed by atoms with Crippen LogP contribution in [0.5, 0.6) is 11.5 Å². The van der Waals surface area contributed by atoms with Crippen LogP contribution in [-0.2, 0) is 14.8 Å². The summed E-state index contributed by atoms with van der Waals surface area (Å²) in [6, 6.07) is 12.4. The van der Waals surface area contributed by atoms with E-state index in [1.807, 2.05) is 32.9 Å². The van der Waals surface area contributed by atoms with Gasteiger partial charge in [0.15, 0.2) is 6.61 Å². The van der Waals surface area contributed by atoms with Gasteiger partial charge >= 0.3 is 0 Å². The number of hydrogen-bond acceptors (Lipinski definition) is 5. The van der Waals surface area contributed by atoms with Crippen LogP contribution in [0.3, 0.4) is 0 Å². The van der Waals surface area contributed by atoms with E-state index in [9.17, 15) is 13.2 Å². The van der Waals surface area contributed by atoms with E-state index in [-0.39, 0.29) is 18.6 Å². The Labute approximate surface area is 184 Å². The molecule has 0 saturated carbocycles. The molecule has 0 aliphatic carbocycles. The van der Waals surface area contributed by atoms with Gasteiger partial charge in [0.1, 0.15) is 11.5 Å². The average Bonchev–Trinajstić information content (AvgIpc) is 2.73. The van der Waals surface area contributed by atoms with E-state index in [1.54, 1.807) is 30.3 Å². The number of hydrogen-bond donors (Lipinski definition) is 1. The number of rotatable bonds is 8. The van der Waals surface area contributed by atoms with Crippen LogP contribution in [0.25, 0.3) is 0 Å². The maximum absolute atomic E-state index is 13.0. The summed E-state index contributed by atoms with van der Waals surface area (Å²) < 4.78 is 38.4. The number of nitrogens with zero attached hydrogens (tertiary/aromatic N) is 1. The summed E-state index contributed by atoms with van der Waals surface area (Å²) >= 11 is 0. The first-order valence-electron chi connectivity index (χ1n) is 10.5. The highest BCUT2D eigenvalue weighted by molar-refractivity contribution is 7.89. The first kappa shape index (κ1) is 23.1. The molecule has 168 valence electrons. The van der Waals surface area contributed by atoms with Crippen molar-refractivity contribution in [2.45, 2.75) is 44.6 Å². The molecule has 1 aliphatic rings. The van der Waals surface area contributed by atoms with Crippen LogP contribution in [0, 0.1) is 13.8 Å². The van der Waals surface area contributed by atoms with Crippen LogP contribution in [0.1, 0.15) is 30.9 Å². The molecule has 2 aromatic rings. The molecule has 0 spiro atoms. The lowest BCUT2D eigenvalue weighted by molar-refractivity contribution is -0.124. The minimum atomic E-state index is -3.53. The lowest BCUT2D eigenvalue weighted by atomic mass is 10.1. The number of benzene rings is 2. The minimum Gasteiger partial charge on any atom is -0.494 e. The van der Waals surface area contributed by atoms with Crippen LogP contribution in [0.2, 0.25) is 0 Å². The highest BCUT2D eigenvalue weighted by Gasteiger charge is 2.30. The van der Waals surface area contributed by atoms with Crippen LogP contribution in [0.4, 0.5) is 0 Å². The third-order valence-corrected chi connectivity index (χ3v) is 7.33. The van der Waals surface area contributed by atoms with Gasteiger partial charge in [0.2, 0.25) is 10.0 Å². The van der Waals surface area contributed by atoms with Gasteiger partial charge in [0.25, 0.3) is 5.91 Å². The number of aryl methyl sites for hydroxylation is 2. The summed E-state index contributed by atoms with van der Waals surface area (Å²) in [5.74, 6) is 1.12. The zero-order valence-electron chi connectivity index (χ0n) is 18.3. The second-order valence-corrected chi connectivity index (χ2v) is 9.61. The van der Waals surface area contributed by atoms with Crippen molar-refractivity contribution in [3.63, 3.8) is 0 Å². The first-order valence-corrected chi connectivity index (χ1v) is 12.0. The Balaban J connectivity index is 1.47. The molecule has 0 unspecified atom stereocenters. The highest BCUT2D eigenvalue weighted by Crippen LogP contribution is 2.24. The smallest absolute Gasteiger partial charge is 0.258 e. The third kappa shape index (κ3) is 5.98. The topological polar surface area (TPSA) is 84.9 Å². The zero-order chi connectivity index (χ0) is 22.4. The molecule has 8 heteroatoms. The molecule has 1 aliphatic heterocycles. The monoisotopic (exact) mass is 446 g/mol. The van der Waals surface area contributed by atoms with Gasteiger partial charge in [-0.05, 0) is 69.5 Å². The fourth-order valence-electron chi connectivity index (χ4n) is 3.69. The number of carbonyl (C=O) groups excluding carboxylic acids is 1. The fraction of sp³-hybridized carbons (Fsp3) is 0.435. The third-order valence-electron chi connectivity index (χ3n) is 5.27. The van der Waals surface area contributed by atoms with Crippen LogP contribution >= 0.6 is 0 Å². The molecule has 1 amide bonds. The molecular formula is C23H30N2O5S. The van der Waals surface area contributed by atoms with E-state index >= 15 is 0 Å². The van der Waals surface area contributed by atoms with Crippen molar-refractivity contribution in [3.8, 4) is 11.5 Å². The van der Waals surface area contributed by atoms with E-state index in [4.69, 9.17) is 9.47 Å². The van der Waals surface area contributed by atoms with Crippen LogP contribution in [-0.4, -0.2) is 51.0 Å². The Bertz CT molecular complexity index is 997. The van der Waals surface area contributed by atoms with Crippen molar-refractivity contribution in [1.82, 2.24) is 9.62 Å².